The zero-order chi connectivity index (χ0) is 12.5. The van der Waals surface area contributed by atoms with Crippen LogP contribution < -0.4 is 0 Å². The molecule has 0 aliphatic carbocycles. The monoisotopic (exact) mass is 247 g/mol. The number of rotatable bonds is 1. The number of nitrogens with zero attached hydrogens (tertiary/aromatic N) is 1. The highest BCUT2D eigenvalue weighted by Crippen LogP contribution is 2.15. The first-order valence-corrected chi connectivity index (χ1v) is 6.71. The molecule has 1 rings (SSSR count). The molecule has 3 nitrogen and oxygen atoms in total. The van der Waals surface area contributed by atoms with E-state index in [4.69, 9.17) is 0 Å². The Bertz CT molecular complexity index is 529. The summed E-state index contributed by atoms with van der Waals surface area (Å²) in [5, 5.41) is 0. The van der Waals surface area contributed by atoms with Gasteiger partial charge in [0.25, 0.3) is 5.91 Å². The van der Waals surface area contributed by atoms with Gasteiger partial charge in [0.15, 0.2) is 0 Å². The fourth-order valence-electron chi connectivity index (χ4n) is 1.02. The molecular weight excluding hydrogens is 236 g/mol. The molecule has 0 saturated carbocycles. The van der Waals surface area contributed by atoms with Crippen molar-refractivity contribution >= 4 is 15.6 Å². The van der Waals surface area contributed by atoms with Crippen LogP contribution in [0.4, 0.5) is 8.78 Å². The minimum Gasteiger partial charge on any atom is -0.266 e. The summed E-state index contributed by atoms with van der Waals surface area (Å²) in [7, 11) is -2.63. The zero-order valence-electron chi connectivity index (χ0n) is 9.08. The van der Waals surface area contributed by atoms with Gasteiger partial charge in [0.2, 0.25) is 0 Å². The van der Waals surface area contributed by atoms with Gasteiger partial charge in [-0.05, 0) is 19.1 Å². The third-order valence-corrected chi connectivity index (χ3v) is 2.44. The van der Waals surface area contributed by atoms with E-state index in [-0.39, 0.29) is 11.1 Å². The van der Waals surface area contributed by atoms with E-state index in [1.165, 1.54) is 19.4 Å². The third-order valence-electron chi connectivity index (χ3n) is 1.83. The minimum absolute atomic E-state index is 0.162. The van der Waals surface area contributed by atoms with E-state index in [2.05, 4.69) is 4.36 Å². The van der Waals surface area contributed by atoms with E-state index >= 15 is 0 Å². The molecule has 1 aromatic rings. The summed E-state index contributed by atoms with van der Waals surface area (Å²) in [6, 6.07) is 1.77. The zero-order valence-corrected chi connectivity index (χ0v) is 9.90. The predicted molar refractivity (Wildman–Crippen MR) is 57.8 cm³/mol. The lowest BCUT2D eigenvalue weighted by Gasteiger charge is -2.01. The maximum Gasteiger partial charge on any atom is 0.285 e. The second kappa shape index (κ2) is 4.29. The van der Waals surface area contributed by atoms with Crippen molar-refractivity contribution in [3.8, 4) is 0 Å². The summed E-state index contributed by atoms with van der Waals surface area (Å²) in [4.78, 5) is 11.4. The van der Waals surface area contributed by atoms with Crippen LogP contribution in [0.25, 0.3) is 0 Å². The van der Waals surface area contributed by atoms with Crippen molar-refractivity contribution < 1.29 is 17.8 Å². The quantitative estimate of drug-likeness (QED) is 0.763. The highest BCUT2D eigenvalue weighted by atomic mass is 32.2. The number of hydrogen-bond acceptors (Lipinski definition) is 2. The van der Waals surface area contributed by atoms with Gasteiger partial charge >= 0.3 is 0 Å². The van der Waals surface area contributed by atoms with Gasteiger partial charge < -0.3 is 0 Å². The molecule has 0 unspecified atom stereocenters. The number of carbonyl (C=O) groups is 1. The summed E-state index contributed by atoms with van der Waals surface area (Å²) in [6.07, 6.45) is 2.54. The number of hydrogen-bond donors (Lipinski definition) is 0. The maximum atomic E-state index is 13.1. The second-order valence-electron chi connectivity index (χ2n) is 3.64. The van der Waals surface area contributed by atoms with Gasteiger partial charge in [-0.25, -0.2) is 13.0 Å². The molecule has 88 valence electrons. The first kappa shape index (κ1) is 12.8. The van der Waals surface area contributed by atoms with Crippen molar-refractivity contribution in [2.24, 2.45) is 4.36 Å². The molecule has 0 aromatic heterocycles. The van der Waals surface area contributed by atoms with Crippen molar-refractivity contribution in [2.75, 3.05) is 12.5 Å². The Kier molecular flexibility index (Phi) is 3.42. The van der Waals surface area contributed by atoms with Gasteiger partial charge in [-0.3, -0.25) is 4.79 Å². The second-order valence-corrected chi connectivity index (χ2v) is 6.19. The van der Waals surface area contributed by atoms with Crippen molar-refractivity contribution in [2.45, 2.75) is 6.92 Å². The van der Waals surface area contributed by atoms with Crippen molar-refractivity contribution in [1.82, 2.24) is 0 Å². The van der Waals surface area contributed by atoms with Crippen LogP contribution in [-0.2, 0) is 9.73 Å². The molecule has 1 amide bonds. The van der Waals surface area contributed by atoms with Crippen molar-refractivity contribution in [1.29, 1.82) is 0 Å². The summed E-state index contributed by atoms with van der Waals surface area (Å²) >= 11 is 0. The van der Waals surface area contributed by atoms with Crippen LogP contribution >= 0.6 is 0 Å². The van der Waals surface area contributed by atoms with Crippen molar-refractivity contribution in [3.63, 3.8) is 0 Å². The largest absolute Gasteiger partial charge is 0.285 e. The summed E-state index contributed by atoms with van der Waals surface area (Å²) in [5.41, 5.74) is -0.401. The van der Waals surface area contributed by atoms with Gasteiger partial charge in [0.1, 0.15) is 11.6 Å². The topological polar surface area (TPSA) is 46.5 Å². The van der Waals surface area contributed by atoms with Crippen LogP contribution in [0.3, 0.4) is 0 Å². The summed E-state index contributed by atoms with van der Waals surface area (Å²) in [5.74, 6) is -2.53. The Morgan fingerprint density at radius 2 is 1.69 bits per heavy atom. The van der Waals surface area contributed by atoms with Crippen LogP contribution in [0.2, 0.25) is 0 Å². The molecule has 0 aliphatic rings. The molecule has 0 fully saturated rings. The SMILES string of the molecule is Cc1c(F)cc(C(=O)N=S(C)(C)=O)cc1F. The Balaban J connectivity index is 3.27. The predicted octanol–water partition coefficient (Wildman–Crippen LogP) is 2.14. The molecule has 0 heterocycles. The standard InChI is InChI=1S/C10H11F2NO2S/c1-6-8(11)4-7(5-9(6)12)10(14)13-16(2,3)15/h4-5H,1-3H3. The highest BCUT2D eigenvalue weighted by Gasteiger charge is 2.12. The lowest BCUT2D eigenvalue weighted by molar-refractivity contribution is 0.100. The molecule has 0 aliphatic heterocycles. The Morgan fingerprint density at radius 3 is 2.06 bits per heavy atom. The van der Waals surface area contributed by atoms with E-state index in [9.17, 15) is 17.8 Å². The molecule has 0 atom stereocenters. The Labute approximate surface area is 92.7 Å². The van der Waals surface area contributed by atoms with E-state index in [0.717, 1.165) is 12.1 Å². The average molecular weight is 247 g/mol. The van der Waals surface area contributed by atoms with Gasteiger partial charge in [0, 0.05) is 33.4 Å². The number of benzene rings is 1. The molecular formula is C10H11F2NO2S. The fourth-order valence-corrected chi connectivity index (χ4v) is 1.53. The first-order chi connectivity index (χ1) is 7.20. The molecule has 6 heteroatoms. The Morgan fingerprint density at radius 1 is 1.25 bits per heavy atom. The van der Waals surface area contributed by atoms with Crippen LogP contribution in [0.1, 0.15) is 15.9 Å². The summed E-state index contributed by atoms with van der Waals surface area (Å²) in [6.45, 7) is 1.26. The molecule has 0 bridgehead atoms. The van der Waals surface area contributed by atoms with Gasteiger partial charge in [-0.1, -0.05) is 0 Å². The van der Waals surface area contributed by atoms with Gasteiger partial charge in [-0.15, -0.1) is 0 Å². The van der Waals surface area contributed by atoms with Gasteiger partial charge in [0.05, 0.1) is 0 Å². The molecule has 1 aromatic carbocycles. The van der Waals surface area contributed by atoms with Crippen molar-refractivity contribution in [3.05, 3.63) is 34.9 Å². The number of halogens is 2. The lowest BCUT2D eigenvalue weighted by atomic mass is 10.1. The average Bonchev–Trinajstić information content (AvgIpc) is 2.10. The third kappa shape index (κ3) is 3.10. The minimum atomic E-state index is -2.63. The van der Waals surface area contributed by atoms with Crippen LogP contribution in [-0.4, -0.2) is 22.6 Å². The number of amides is 1. The molecule has 0 N–H and O–H groups in total. The maximum absolute atomic E-state index is 13.1. The Hall–Kier alpha value is -1.30. The van der Waals surface area contributed by atoms with E-state index in [1.54, 1.807) is 0 Å². The smallest absolute Gasteiger partial charge is 0.266 e. The normalized spacial score (nSPS) is 11.3. The summed E-state index contributed by atoms with van der Waals surface area (Å²) < 4.78 is 40.8. The van der Waals surface area contributed by atoms with Gasteiger partial charge in [-0.2, -0.15) is 4.36 Å². The van der Waals surface area contributed by atoms with Crippen LogP contribution in [0, 0.1) is 18.6 Å². The van der Waals surface area contributed by atoms with E-state index in [1.807, 2.05) is 0 Å². The molecule has 0 radical (unpaired) electrons. The molecule has 0 saturated heterocycles. The molecule has 16 heavy (non-hydrogen) atoms. The molecule has 0 spiro atoms. The van der Waals surface area contributed by atoms with Crippen LogP contribution in [0.5, 0.6) is 0 Å². The lowest BCUT2D eigenvalue weighted by Crippen LogP contribution is -2.03. The fraction of sp³-hybridized carbons (Fsp3) is 0.300. The van der Waals surface area contributed by atoms with Crippen LogP contribution in [0.15, 0.2) is 16.5 Å². The first-order valence-electron chi connectivity index (χ1n) is 4.38. The van der Waals surface area contributed by atoms with E-state index < -0.39 is 27.3 Å². The van der Waals surface area contributed by atoms with E-state index in [0.29, 0.717) is 0 Å². The highest BCUT2D eigenvalue weighted by molar-refractivity contribution is 7.92. The number of carbonyl (C=O) groups excluding carboxylic acids is 1.